The second kappa shape index (κ2) is 7.51. The van der Waals surface area contributed by atoms with Crippen LogP contribution in [-0.2, 0) is 16.4 Å². The highest BCUT2D eigenvalue weighted by Crippen LogP contribution is 2.20. The number of aryl methyl sites for hydroxylation is 1. The first kappa shape index (κ1) is 17.4. The van der Waals surface area contributed by atoms with E-state index in [-0.39, 0.29) is 23.1 Å². The summed E-state index contributed by atoms with van der Waals surface area (Å²) < 4.78 is 31.9. The van der Waals surface area contributed by atoms with Crippen molar-refractivity contribution < 1.29 is 17.9 Å². The highest BCUT2D eigenvalue weighted by Gasteiger charge is 2.24. The van der Waals surface area contributed by atoms with Crippen molar-refractivity contribution in [1.82, 2.24) is 14.7 Å². The molecule has 0 fully saturated rings. The molecular formula is C14H17N3O4S2. The predicted octanol–water partition coefficient (Wildman–Crippen LogP) is 2.01. The maximum atomic E-state index is 12.4. The second-order valence-corrected chi connectivity index (χ2v) is 7.14. The fraction of sp³-hybridized carbons (Fsp3) is 0.357. The van der Waals surface area contributed by atoms with Crippen molar-refractivity contribution in [3.63, 3.8) is 0 Å². The Labute approximate surface area is 138 Å². The minimum atomic E-state index is -4.09. The minimum Gasteiger partial charge on any atom is -0.477 e. The summed E-state index contributed by atoms with van der Waals surface area (Å²) in [5.74, 6) is -0.810. The van der Waals surface area contributed by atoms with E-state index in [4.69, 9.17) is 4.74 Å². The van der Waals surface area contributed by atoms with Crippen LogP contribution in [0.15, 0.2) is 28.6 Å². The van der Waals surface area contributed by atoms with Crippen LogP contribution in [0.4, 0.5) is 0 Å². The Kier molecular flexibility index (Phi) is 5.67. The number of ether oxygens (including phenoxy) is 1. The van der Waals surface area contributed by atoms with Crippen molar-refractivity contribution in [2.45, 2.75) is 31.6 Å². The molecule has 124 valence electrons. The third-order valence-corrected chi connectivity index (χ3v) is 5.03. The standard InChI is InChI=1S/C14H17N3O4S2/c1-3-6-12-16-10(9-22-12)13(18)17-23(19,20)11-7-5-8-15-14(11)21-4-2/h5,7-9H,3-4,6H2,1-2H3,(H,17,18). The van der Waals surface area contributed by atoms with Gasteiger partial charge in [-0.15, -0.1) is 11.3 Å². The first-order valence-electron chi connectivity index (χ1n) is 7.07. The maximum Gasteiger partial charge on any atom is 0.284 e. The number of amides is 1. The average molecular weight is 355 g/mol. The van der Waals surface area contributed by atoms with Crippen LogP contribution in [0, 0.1) is 0 Å². The molecule has 0 aliphatic carbocycles. The summed E-state index contributed by atoms with van der Waals surface area (Å²) in [4.78, 5) is 19.9. The molecule has 0 radical (unpaired) electrons. The summed E-state index contributed by atoms with van der Waals surface area (Å²) in [6.45, 7) is 3.98. The zero-order valence-electron chi connectivity index (χ0n) is 12.8. The van der Waals surface area contributed by atoms with Crippen molar-refractivity contribution >= 4 is 27.3 Å². The molecule has 2 heterocycles. The molecule has 0 unspecified atom stereocenters. The number of sulfonamides is 1. The van der Waals surface area contributed by atoms with Gasteiger partial charge in [0.25, 0.3) is 15.9 Å². The Bertz CT molecular complexity index is 787. The lowest BCUT2D eigenvalue weighted by Gasteiger charge is -2.09. The van der Waals surface area contributed by atoms with E-state index in [1.54, 1.807) is 12.3 Å². The lowest BCUT2D eigenvalue weighted by Crippen LogP contribution is -2.31. The normalized spacial score (nSPS) is 11.2. The van der Waals surface area contributed by atoms with Crippen LogP contribution in [-0.4, -0.2) is 30.9 Å². The zero-order chi connectivity index (χ0) is 16.9. The summed E-state index contributed by atoms with van der Waals surface area (Å²) >= 11 is 1.33. The van der Waals surface area contributed by atoms with Crippen LogP contribution in [0.3, 0.4) is 0 Å². The van der Waals surface area contributed by atoms with Crippen LogP contribution >= 0.6 is 11.3 Å². The molecule has 0 saturated heterocycles. The van der Waals surface area contributed by atoms with Gasteiger partial charge in [-0.1, -0.05) is 6.92 Å². The lowest BCUT2D eigenvalue weighted by atomic mass is 10.3. The quantitative estimate of drug-likeness (QED) is 0.816. The van der Waals surface area contributed by atoms with Crippen molar-refractivity contribution in [2.24, 2.45) is 0 Å². The number of nitrogens with zero attached hydrogens (tertiary/aromatic N) is 2. The molecule has 0 aromatic carbocycles. The van der Waals surface area contributed by atoms with Crippen molar-refractivity contribution in [1.29, 1.82) is 0 Å². The molecule has 0 spiro atoms. The number of hydrogen-bond donors (Lipinski definition) is 1. The van der Waals surface area contributed by atoms with Crippen LogP contribution in [0.25, 0.3) is 0 Å². The van der Waals surface area contributed by atoms with Gasteiger partial charge < -0.3 is 4.74 Å². The summed E-state index contributed by atoms with van der Waals surface area (Å²) in [5, 5.41) is 2.34. The molecule has 0 saturated carbocycles. The zero-order valence-corrected chi connectivity index (χ0v) is 14.4. The lowest BCUT2D eigenvalue weighted by molar-refractivity contribution is 0.0977. The monoisotopic (exact) mass is 355 g/mol. The van der Waals surface area contributed by atoms with Gasteiger partial charge in [0.1, 0.15) is 10.6 Å². The SMILES string of the molecule is CCCc1nc(C(=O)NS(=O)(=O)c2cccnc2OCC)cs1. The van der Waals surface area contributed by atoms with E-state index in [0.717, 1.165) is 17.8 Å². The molecule has 7 nitrogen and oxygen atoms in total. The molecule has 0 aliphatic heterocycles. The Morgan fingerprint density at radius 1 is 1.39 bits per heavy atom. The number of thiazole rings is 1. The molecule has 2 aromatic rings. The fourth-order valence-corrected chi connectivity index (χ4v) is 3.74. The average Bonchev–Trinajstić information content (AvgIpc) is 2.97. The number of pyridine rings is 1. The molecule has 9 heteroatoms. The van der Waals surface area contributed by atoms with Gasteiger partial charge in [-0.2, -0.15) is 0 Å². The van der Waals surface area contributed by atoms with E-state index in [1.807, 2.05) is 11.6 Å². The molecular weight excluding hydrogens is 338 g/mol. The molecule has 1 N–H and O–H groups in total. The van der Waals surface area contributed by atoms with Crippen LogP contribution in [0.5, 0.6) is 5.88 Å². The van der Waals surface area contributed by atoms with E-state index in [0.29, 0.717) is 0 Å². The number of hydrogen-bond acceptors (Lipinski definition) is 7. The summed E-state index contributed by atoms with van der Waals surface area (Å²) in [7, 11) is -4.09. The molecule has 1 amide bonds. The Hall–Kier alpha value is -2.00. The van der Waals surface area contributed by atoms with Crippen LogP contribution < -0.4 is 9.46 Å². The second-order valence-electron chi connectivity index (χ2n) is 4.55. The van der Waals surface area contributed by atoms with Crippen LogP contribution in [0.2, 0.25) is 0 Å². The van der Waals surface area contributed by atoms with Crippen LogP contribution in [0.1, 0.15) is 35.8 Å². The molecule has 0 aliphatic rings. The number of rotatable bonds is 7. The minimum absolute atomic E-state index is 0.0414. The molecule has 23 heavy (non-hydrogen) atoms. The van der Waals surface area contributed by atoms with E-state index in [2.05, 4.69) is 9.97 Å². The third kappa shape index (κ3) is 4.26. The molecule has 0 atom stereocenters. The number of nitrogens with one attached hydrogen (secondary N) is 1. The van der Waals surface area contributed by atoms with Gasteiger partial charge in [-0.05, 0) is 31.9 Å². The third-order valence-electron chi connectivity index (χ3n) is 2.78. The van der Waals surface area contributed by atoms with E-state index < -0.39 is 15.9 Å². The van der Waals surface area contributed by atoms with Crippen molar-refractivity contribution in [2.75, 3.05) is 6.61 Å². The first-order chi connectivity index (χ1) is 11.0. The first-order valence-corrected chi connectivity index (χ1v) is 9.43. The van der Waals surface area contributed by atoms with Crippen molar-refractivity contribution in [3.05, 3.63) is 34.4 Å². The van der Waals surface area contributed by atoms with Gasteiger partial charge in [-0.25, -0.2) is 23.1 Å². The fourth-order valence-electron chi connectivity index (χ4n) is 1.80. The molecule has 0 bridgehead atoms. The maximum absolute atomic E-state index is 12.4. The van der Waals surface area contributed by atoms with Crippen molar-refractivity contribution in [3.8, 4) is 5.88 Å². The van der Waals surface area contributed by atoms with E-state index in [9.17, 15) is 13.2 Å². The smallest absolute Gasteiger partial charge is 0.284 e. The predicted molar refractivity (Wildman–Crippen MR) is 86.2 cm³/mol. The number of carbonyl (C=O) groups excluding carboxylic acids is 1. The van der Waals surface area contributed by atoms with E-state index >= 15 is 0 Å². The largest absolute Gasteiger partial charge is 0.477 e. The summed E-state index contributed by atoms with van der Waals surface area (Å²) in [6, 6.07) is 2.79. The summed E-state index contributed by atoms with van der Waals surface area (Å²) in [6.07, 6.45) is 3.07. The van der Waals surface area contributed by atoms with Gasteiger partial charge in [0.2, 0.25) is 5.88 Å². The number of carbonyl (C=O) groups is 1. The van der Waals surface area contributed by atoms with Gasteiger partial charge in [0, 0.05) is 11.6 Å². The Morgan fingerprint density at radius 2 is 2.17 bits per heavy atom. The highest BCUT2D eigenvalue weighted by atomic mass is 32.2. The topological polar surface area (TPSA) is 98.2 Å². The number of aromatic nitrogens is 2. The van der Waals surface area contributed by atoms with Gasteiger partial charge >= 0.3 is 0 Å². The Balaban J connectivity index is 2.22. The van der Waals surface area contributed by atoms with E-state index in [1.165, 1.54) is 29.7 Å². The Morgan fingerprint density at radius 3 is 2.87 bits per heavy atom. The molecule has 2 aromatic heterocycles. The highest BCUT2D eigenvalue weighted by molar-refractivity contribution is 7.90. The van der Waals surface area contributed by atoms with Gasteiger partial charge in [0.15, 0.2) is 0 Å². The molecule has 2 rings (SSSR count). The summed E-state index contributed by atoms with van der Waals surface area (Å²) in [5.41, 5.74) is 0.0869. The van der Waals surface area contributed by atoms with Gasteiger partial charge in [0.05, 0.1) is 11.6 Å². The van der Waals surface area contributed by atoms with Gasteiger partial charge in [-0.3, -0.25) is 4.79 Å².